The molecule has 0 radical (unpaired) electrons. The second-order valence-electron chi connectivity index (χ2n) is 6.62. The lowest BCUT2D eigenvalue weighted by atomic mass is 10.0. The van der Waals surface area contributed by atoms with Crippen LogP contribution in [0.1, 0.15) is 42.1 Å². The number of nitrogens with one attached hydrogen (secondary N) is 1. The van der Waals surface area contributed by atoms with Crippen molar-refractivity contribution in [2.24, 2.45) is 5.92 Å². The van der Waals surface area contributed by atoms with Crippen molar-refractivity contribution in [1.82, 2.24) is 40.0 Å². The van der Waals surface area contributed by atoms with E-state index < -0.39 is 11.9 Å². The molecule has 0 aliphatic heterocycles. The minimum absolute atomic E-state index is 0.00609. The van der Waals surface area contributed by atoms with Crippen molar-refractivity contribution in [3.05, 3.63) is 54.2 Å². The molecular formula is C18H18N8O2. The maximum Gasteiger partial charge on any atom is 0.291 e. The van der Waals surface area contributed by atoms with E-state index in [9.17, 15) is 4.79 Å². The molecule has 142 valence electrons. The first kappa shape index (κ1) is 17.7. The second kappa shape index (κ2) is 7.14. The monoisotopic (exact) mass is 378 g/mol. The Kier molecular flexibility index (Phi) is 4.52. The average molecular weight is 378 g/mol. The van der Waals surface area contributed by atoms with Gasteiger partial charge in [-0.05, 0) is 31.0 Å². The van der Waals surface area contributed by atoms with Crippen LogP contribution in [0.5, 0.6) is 0 Å². The van der Waals surface area contributed by atoms with Gasteiger partial charge in [0.05, 0.1) is 0 Å². The summed E-state index contributed by atoms with van der Waals surface area (Å²) in [5.41, 5.74) is 1.61. The van der Waals surface area contributed by atoms with Gasteiger partial charge in [-0.15, -0.1) is 5.10 Å². The van der Waals surface area contributed by atoms with Crippen LogP contribution < -0.4 is 5.32 Å². The van der Waals surface area contributed by atoms with Crippen molar-refractivity contribution >= 4 is 11.7 Å². The lowest BCUT2D eigenvalue weighted by Gasteiger charge is -2.17. The number of aryl methyl sites for hydroxylation is 1. The SMILES string of the molecule is Cc1ccnc2nc(C(=O)NC(c3nc(-c4ccncc4)no3)C(C)C)nn12. The fourth-order valence-electron chi connectivity index (χ4n) is 2.70. The van der Waals surface area contributed by atoms with Gasteiger partial charge in [0.15, 0.2) is 0 Å². The Balaban J connectivity index is 1.59. The van der Waals surface area contributed by atoms with E-state index in [4.69, 9.17) is 4.52 Å². The number of fused-ring (bicyclic) bond motifs is 1. The Morgan fingerprint density at radius 1 is 1.14 bits per heavy atom. The third kappa shape index (κ3) is 3.31. The fourth-order valence-corrected chi connectivity index (χ4v) is 2.70. The number of carbonyl (C=O) groups excluding carboxylic acids is 1. The lowest BCUT2D eigenvalue weighted by molar-refractivity contribution is 0.0903. The summed E-state index contributed by atoms with van der Waals surface area (Å²) in [6, 6.07) is 4.87. The first-order valence-corrected chi connectivity index (χ1v) is 8.76. The van der Waals surface area contributed by atoms with Crippen LogP contribution in [0.2, 0.25) is 0 Å². The highest BCUT2D eigenvalue weighted by Gasteiger charge is 2.27. The molecular weight excluding hydrogens is 360 g/mol. The van der Waals surface area contributed by atoms with Crippen LogP contribution in [0.15, 0.2) is 41.3 Å². The van der Waals surface area contributed by atoms with Gasteiger partial charge in [-0.2, -0.15) is 9.97 Å². The molecule has 1 amide bonds. The lowest BCUT2D eigenvalue weighted by Crippen LogP contribution is -2.32. The number of nitrogens with zero attached hydrogens (tertiary/aromatic N) is 7. The first-order valence-electron chi connectivity index (χ1n) is 8.76. The van der Waals surface area contributed by atoms with Gasteiger partial charge in [0.2, 0.25) is 17.5 Å². The highest BCUT2D eigenvalue weighted by Crippen LogP contribution is 2.23. The van der Waals surface area contributed by atoms with E-state index in [0.717, 1.165) is 11.3 Å². The minimum atomic E-state index is -0.490. The first-order chi connectivity index (χ1) is 13.5. The Hall–Kier alpha value is -3.69. The van der Waals surface area contributed by atoms with E-state index >= 15 is 0 Å². The van der Waals surface area contributed by atoms with Crippen molar-refractivity contribution in [3.8, 4) is 11.4 Å². The zero-order valence-corrected chi connectivity index (χ0v) is 15.6. The molecule has 0 aliphatic carbocycles. The van der Waals surface area contributed by atoms with Gasteiger partial charge in [-0.25, -0.2) is 9.50 Å². The maximum absolute atomic E-state index is 12.7. The second-order valence-corrected chi connectivity index (χ2v) is 6.62. The van der Waals surface area contributed by atoms with Crippen LogP contribution in [0, 0.1) is 12.8 Å². The third-order valence-corrected chi connectivity index (χ3v) is 4.23. The highest BCUT2D eigenvalue weighted by molar-refractivity contribution is 5.91. The molecule has 10 nitrogen and oxygen atoms in total. The van der Waals surface area contributed by atoms with Crippen LogP contribution in [0.3, 0.4) is 0 Å². The molecule has 10 heteroatoms. The van der Waals surface area contributed by atoms with Crippen LogP contribution in [-0.4, -0.2) is 40.6 Å². The summed E-state index contributed by atoms with van der Waals surface area (Å²) < 4.78 is 6.92. The molecule has 4 aromatic rings. The molecule has 4 aromatic heterocycles. The molecule has 28 heavy (non-hydrogen) atoms. The van der Waals surface area contributed by atoms with E-state index in [-0.39, 0.29) is 11.7 Å². The summed E-state index contributed by atoms with van der Waals surface area (Å²) >= 11 is 0. The quantitative estimate of drug-likeness (QED) is 0.559. The molecule has 1 N–H and O–H groups in total. The summed E-state index contributed by atoms with van der Waals surface area (Å²) in [4.78, 5) is 29.4. The zero-order chi connectivity index (χ0) is 19.7. The third-order valence-electron chi connectivity index (χ3n) is 4.23. The Bertz CT molecular complexity index is 1120. The van der Waals surface area contributed by atoms with Gasteiger partial charge >= 0.3 is 0 Å². The Morgan fingerprint density at radius 2 is 1.93 bits per heavy atom. The smallest absolute Gasteiger partial charge is 0.291 e. The zero-order valence-electron chi connectivity index (χ0n) is 15.6. The number of carbonyl (C=O) groups is 1. The van der Waals surface area contributed by atoms with Crippen LogP contribution in [-0.2, 0) is 0 Å². The number of pyridine rings is 1. The predicted molar refractivity (Wildman–Crippen MR) is 98.1 cm³/mol. The van der Waals surface area contributed by atoms with Crippen LogP contribution in [0.4, 0.5) is 0 Å². The number of aromatic nitrogens is 7. The fraction of sp³-hybridized carbons (Fsp3) is 0.278. The van der Waals surface area contributed by atoms with Gasteiger partial charge in [-0.3, -0.25) is 9.78 Å². The molecule has 0 saturated heterocycles. The van der Waals surface area contributed by atoms with E-state index in [1.807, 2.05) is 20.8 Å². The molecule has 4 rings (SSSR count). The average Bonchev–Trinajstić information content (AvgIpc) is 3.34. The predicted octanol–water partition coefficient (Wildman–Crippen LogP) is 2.00. The summed E-state index contributed by atoms with van der Waals surface area (Å²) in [6.45, 7) is 5.76. The summed E-state index contributed by atoms with van der Waals surface area (Å²) in [5, 5.41) is 11.1. The van der Waals surface area contributed by atoms with Crippen molar-refractivity contribution < 1.29 is 9.32 Å². The maximum atomic E-state index is 12.7. The van der Waals surface area contributed by atoms with Gasteiger partial charge in [0.1, 0.15) is 6.04 Å². The topological polar surface area (TPSA) is 124 Å². The van der Waals surface area contributed by atoms with E-state index in [0.29, 0.717) is 17.5 Å². The van der Waals surface area contributed by atoms with E-state index in [2.05, 4.69) is 35.5 Å². The van der Waals surface area contributed by atoms with Crippen LogP contribution in [0.25, 0.3) is 17.2 Å². The molecule has 4 heterocycles. The van der Waals surface area contributed by atoms with Gasteiger partial charge in [0.25, 0.3) is 11.7 Å². The van der Waals surface area contributed by atoms with Crippen LogP contribution >= 0.6 is 0 Å². The van der Waals surface area contributed by atoms with Gasteiger partial charge in [-0.1, -0.05) is 19.0 Å². The summed E-state index contributed by atoms with van der Waals surface area (Å²) in [6.07, 6.45) is 4.92. The Labute approximate surface area is 160 Å². The van der Waals surface area contributed by atoms with Crippen molar-refractivity contribution in [1.29, 1.82) is 0 Å². The van der Waals surface area contributed by atoms with Crippen molar-refractivity contribution in [2.75, 3.05) is 0 Å². The molecule has 0 aromatic carbocycles. The standard InChI is InChI=1S/C18H18N8O2/c1-10(2)13(17-22-14(25-28-17)12-5-7-19-8-6-12)21-16(27)15-23-18-20-9-4-11(3)26(18)24-15/h4-10,13H,1-3H3,(H,21,27). The molecule has 0 saturated carbocycles. The van der Waals surface area contributed by atoms with E-state index in [1.165, 1.54) is 4.52 Å². The molecule has 0 fully saturated rings. The molecule has 1 unspecified atom stereocenters. The summed E-state index contributed by atoms with van der Waals surface area (Å²) in [5.74, 6) is 0.709. The van der Waals surface area contributed by atoms with Gasteiger partial charge in [0, 0.05) is 29.8 Å². The number of rotatable bonds is 5. The van der Waals surface area contributed by atoms with E-state index in [1.54, 1.807) is 36.8 Å². The highest BCUT2D eigenvalue weighted by atomic mass is 16.5. The van der Waals surface area contributed by atoms with Crippen molar-refractivity contribution in [3.63, 3.8) is 0 Å². The molecule has 1 atom stereocenters. The molecule has 0 aliphatic rings. The largest absolute Gasteiger partial charge is 0.337 e. The Morgan fingerprint density at radius 3 is 2.64 bits per heavy atom. The van der Waals surface area contributed by atoms with Gasteiger partial charge < -0.3 is 9.84 Å². The number of hydrogen-bond donors (Lipinski definition) is 1. The normalized spacial score (nSPS) is 12.4. The number of hydrogen-bond acceptors (Lipinski definition) is 8. The molecule has 0 bridgehead atoms. The molecule has 0 spiro atoms. The minimum Gasteiger partial charge on any atom is -0.337 e. The summed E-state index contributed by atoms with van der Waals surface area (Å²) in [7, 11) is 0. The number of amides is 1. The van der Waals surface area contributed by atoms with Crippen molar-refractivity contribution in [2.45, 2.75) is 26.8 Å².